The van der Waals surface area contributed by atoms with E-state index in [2.05, 4.69) is 172 Å². The zero-order chi connectivity index (χ0) is 37.6. The normalized spacial score (nSPS) is 29.0. The number of hydrogen-bond donors (Lipinski definition) is 0. The Bertz CT molecular complexity index is 2550. The van der Waals surface area contributed by atoms with E-state index < -0.39 is 0 Å². The van der Waals surface area contributed by atoms with Gasteiger partial charge < -0.3 is 4.90 Å². The van der Waals surface area contributed by atoms with Crippen molar-refractivity contribution in [3.05, 3.63) is 162 Å². The lowest BCUT2D eigenvalue weighted by Crippen LogP contribution is -2.74. The first-order valence-electron chi connectivity index (χ1n) is 21.3. The molecule has 5 aliphatic carbocycles. The largest absolute Gasteiger partial charge is 0.310 e. The Morgan fingerprint density at radius 1 is 0.518 bits per heavy atom. The molecular weight excluding hydrogens is 695 g/mol. The Kier molecular flexibility index (Phi) is 6.92. The Labute approximate surface area is 337 Å². The number of rotatable bonds is 5. The minimum atomic E-state index is 0.0934. The molecule has 0 aromatic heterocycles. The van der Waals surface area contributed by atoms with E-state index in [0.29, 0.717) is 5.41 Å². The highest BCUT2D eigenvalue weighted by atomic mass is 32.2. The maximum absolute atomic E-state index is 2.60. The molecule has 0 amide bonds. The van der Waals surface area contributed by atoms with Gasteiger partial charge in [0.05, 0.1) is 0 Å². The molecule has 6 aromatic carbocycles. The molecule has 4 fully saturated rings. The molecule has 2 heteroatoms. The Balaban J connectivity index is 1.04. The van der Waals surface area contributed by atoms with Crippen molar-refractivity contribution in [1.29, 1.82) is 0 Å². The SMILES string of the molecule is CC1(C)CCC(C)(C)c2cc(N(c3ccc(-c4ccccc4)cc3)c3ccc4c(c3)Sc3cccc(-c5ccccc5)c3C43C4CC5CC6CC3C64C5)ccc21. The van der Waals surface area contributed by atoms with E-state index in [9.17, 15) is 0 Å². The Morgan fingerprint density at radius 2 is 1.14 bits per heavy atom. The van der Waals surface area contributed by atoms with Crippen LogP contribution in [0.15, 0.2) is 149 Å². The molecule has 0 saturated heterocycles. The van der Waals surface area contributed by atoms with Crippen LogP contribution >= 0.6 is 11.8 Å². The van der Waals surface area contributed by atoms with Crippen molar-refractivity contribution in [3.63, 3.8) is 0 Å². The average molecular weight is 746 g/mol. The fraction of sp³-hybridized carbons (Fsp3) is 0.333. The van der Waals surface area contributed by atoms with E-state index in [1.165, 1.54) is 98.8 Å². The van der Waals surface area contributed by atoms with E-state index in [-0.39, 0.29) is 16.2 Å². The Hall–Kier alpha value is -4.53. The van der Waals surface area contributed by atoms with Gasteiger partial charge in [-0.2, -0.15) is 0 Å². The van der Waals surface area contributed by atoms with Crippen molar-refractivity contribution in [1.82, 2.24) is 0 Å². The molecular formula is C54H51NS. The molecule has 278 valence electrons. The third kappa shape index (κ3) is 4.35. The zero-order valence-electron chi connectivity index (χ0n) is 33.2. The number of benzene rings is 6. The number of hydrogen-bond acceptors (Lipinski definition) is 2. The quantitative estimate of drug-likeness (QED) is 0.173. The first-order valence-corrected chi connectivity index (χ1v) is 22.1. The van der Waals surface area contributed by atoms with Gasteiger partial charge in [-0.1, -0.05) is 137 Å². The minimum absolute atomic E-state index is 0.0934. The second kappa shape index (κ2) is 11.5. The van der Waals surface area contributed by atoms with Crippen molar-refractivity contribution >= 4 is 28.8 Å². The number of nitrogens with zero attached hydrogens (tertiary/aromatic N) is 1. The Morgan fingerprint density at radius 3 is 1.88 bits per heavy atom. The number of anilines is 3. The summed E-state index contributed by atoms with van der Waals surface area (Å²) in [6.07, 6.45) is 8.21. The highest BCUT2D eigenvalue weighted by Crippen LogP contribution is 2.89. The lowest BCUT2D eigenvalue weighted by molar-refractivity contribution is -0.234. The first-order chi connectivity index (χ1) is 27.2. The standard InChI is InChI=1S/C54H51NS/c1-51(2)26-27-52(3,4)45-31-40(22-24-43(45)51)55(39-20-18-36(19-21-39)35-12-7-5-8-13-35)41-23-25-44-47(32-41)56-46-17-11-16-42(37-14-9-6-10-15-37)50(46)54(44)48-29-34-28-38-30-49(54)53(38,48)33-34/h5-25,31-32,34,38,48-49H,26-30,33H2,1-4H3. The van der Waals surface area contributed by atoms with Gasteiger partial charge in [0.1, 0.15) is 0 Å². The molecule has 1 heterocycles. The molecule has 0 N–H and O–H groups in total. The fourth-order valence-electron chi connectivity index (χ4n) is 13.8. The number of fused-ring (bicyclic) bond motifs is 8. The smallest absolute Gasteiger partial charge is 0.0473 e. The van der Waals surface area contributed by atoms with Crippen LogP contribution in [0.4, 0.5) is 17.1 Å². The topological polar surface area (TPSA) is 3.24 Å². The van der Waals surface area contributed by atoms with Gasteiger partial charge in [0.2, 0.25) is 0 Å². The van der Waals surface area contributed by atoms with Crippen molar-refractivity contribution in [2.24, 2.45) is 29.1 Å². The molecule has 2 bridgehead atoms. The lowest BCUT2D eigenvalue weighted by atomic mass is 9.26. The predicted octanol–water partition coefficient (Wildman–Crippen LogP) is 14.7. The van der Waals surface area contributed by atoms with Gasteiger partial charge in [0.25, 0.3) is 0 Å². The third-order valence-corrected chi connectivity index (χ3v) is 17.4. The summed E-state index contributed by atoms with van der Waals surface area (Å²) in [4.78, 5) is 5.50. The van der Waals surface area contributed by atoms with Crippen LogP contribution in [0.5, 0.6) is 0 Å². The third-order valence-electron chi connectivity index (χ3n) is 16.2. The van der Waals surface area contributed by atoms with Crippen molar-refractivity contribution in [2.75, 3.05) is 4.90 Å². The van der Waals surface area contributed by atoms with Gasteiger partial charge in [-0.05, 0) is 165 Å². The second-order valence-corrected chi connectivity index (χ2v) is 20.7. The van der Waals surface area contributed by atoms with Gasteiger partial charge in [0.15, 0.2) is 0 Å². The van der Waals surface area contributed by atoms with Crippen LogP contribution in [0.3, 0.4) is 0 Å². The molecule has 1 aliphatic heterocycles. The minimum Gasteiger partial charge on any atom is -0.310 e. The summed E-state index contributed by atoms with van der Waals surface area (Å²) in [6.45, 7) is 9.77. The van der Waals surface area contributed by atoms with Crippen molar-refractivity contribution < 1.29 is 0 Å². The molecule has 0 radical (unpaired) electrons. The van der Waals surface area contributed by atoms with Gasteiger partial charge >= 0.3 is 0 Å². The summed E-state index contributed by atoms with van der Waals surface area (Å²) in [6, 6.07) is 53.7. The molecule has 12 rings (SSSR count). The monoisotopic (exact) mass is 745 g/mol. The van der Waals surface area contributed by atoms with Crippen LogP contribution in [0.2, 0.25) is 0 Å². The van der Waals surface area contributed by atoms with E-state index >= 15 is 0 Å². The molecule has 6 unspecified atom stereocenters. The van der Waals surface area contributed by atoms with E-state index in [0.717, 1.165) is 23.7 Å². The van der Waals surface area contributed by atoms with Gasteiger partial charge in [-0.25, -0.2) is 0 Å². The van der Waals surface area contributed by atoms with Crippen LogP contribution in [0, 0.1) is 29.1 Å². The molecule has 6 aliphatic rings. The predicted molar refractivity (Wildman–Crippen MR) is 233 cm³/mol. The molecule has 1 nitrogen and oxygen atoms in total. The average Bonchev–Trinajstić information content (AvgIpc) is 3.76. The molecule has 6 aromatic rings. The van der Waals surface area contributed by atoms with Crippen LogP contribution < -0.4 is 4.90 Å². The fourth-order valence-corrected chi connectivity index (χ4v) is 15.1. The zero-order valence-corrected chi connectivity index (χ0v) is 34.0. The summed E-state index contributed by atoms with van der Waals surface area (Å²) >= 11 is 2.03. The molecule has 4 saturated carbocycles. The summed E-state index contributed by atoms with van der Waals surface area (Å²) in [5.74, 6) is 3.38. The summed E-state index contributed by atoms with van der Waals surface area (Å²) < 4.78 is 0. The van der Waals surface area contributed by atoms with Crippen molar-refractivity contribution in [3.8, 4) is 22.3 Å². The van der Waals surface area contributed by atoms with Crippen LogP contribution in [-0.2, 0) is 16.2 Å². The lowest BCUT2D eigenvalue weighted by Gasteiger charge is -2.78. The first kappa shape index (κ1) is 33.6. The highest BCUT2D eigenvalue weighted by Gasteiger charge is 2.84. The molecule has 56 heavy (non-hydrogen) atoms. The summed E-state index contributed by atoms with van der Waals surface area (Å²) in [5.41, 5.74) is 16.3. The molecule has 2 spiro atoms. The highest BCUT2D eigenvalue weighted by molar-refractivity contribution is 7.99. The van der Waals surface area contributed by atoms with Gasteiger partial charge in [-0.15, -0.1) is 0 Å². The van der Waals surface area contributed by atoms with Crippen molar-refractivity contribution in [2.45, 2.75) is 92.3 Å². The maximum Gasteiger partial charge on any atom is 0.0473 e. The van der Waals surface area contributed by atoms with Gasteiger partial charge in [-0.3, -0.25) is 0 Å². The van der Waals surface area contributed by atoms with Gasteiger partial charge in [0, 0.05) is 32.3 Å². The second-order valence-electron chi connectivity index (χ2n) is 19.6. The summed E-state index contributed by atoms with van der Waals surface area (Å²) in [7, 11) is 0. The summed E-state index contributed by atoms with van der Waals surface area (Å²) in [5, 5.41) is 0. The maximum atomic E-state index is 2.60. The van der Waals surface area contributed by atoms with Crippen LogP contribution in [0.1, 0.15) is 88.5 Å². The van der Waals surface area contributed by atoms with E-state index in [4.69, 9.17) is 0 Å². The molecule has 6 atom stereocenters. The van der Waals surface area contributed by atoms with E-state index in [1.807, 2.05) is 11.8 Å². The van der Waals surface area contributed by atoms with Crippen LogP contribution in [0.25, 0.3) is 22.3 Å². The van der Waals surface area contributed by atoms with E-state index in [1.54, 1.807) is 11.1 Å². The van der Waals surface area contributed by atoms with Crippen LogP contribution in [-0.4, -0.2) is 0 Å².